The van der Waals surface area contributed by atoms with Gasteiger partial charge in [-0.05, 0) is 37.6 Å². The molecule has 0 fully saturated rings. The Hall–Kier alpha value is -0.530. The van der Waals surface area contributed by atoms with Crippen LogP contribution in [0.25, 0.3) is 0 Å². The molecule has 2 heteroatoms. The molecule has 1 nitrogen and oxygen atoms in total. The van der Waals surface area contributed by atoms with Crippen molar-refractivity contribution in [1.82, 2.24) is 4.90 Å². The van der Waals surface area contributed by atoms with E-state index in [9.17, 15) is 0 Å². The van der Waals surface area contributed by atoms with Crippen molar-refractivity contribution in [2.75, 3.05) is 20.6 Å². The summed E-state index contributed by atoms with van der Waals surface area (Å²) < 4.78 is 0. The minimum absolute atomic E-state index is 0.0862. The lowest BCUT2D eigenvalue weighted by Crippen LogP contribution is -2.17. The highest BCUT2D eigenvalue weighted by Crippen LogP contribution is 2.21. The number of likely N-dealkylation sites (N-methyl/N-ethyl adjacent to an activating group) is 1. The van der Waals surface area contributed by atoms with Gasteiger partial charge in [0.25, 0.3) is 0 Å². The molecule has 1 aromatic carbocycles. The third kappa shape index (κ3) is 4.54. The van der Waals surface area contributed by atoms with Crippen LogP contribution in [-0.2, 0) is 6.42 Å². The molecule has 0 saturated heterocycles. The van der Waals surface area contributed by atoms with Gasteiger partial charge in [0.05, 0.1) is 5.38 Å². The SMILES string of the molecule is CC(C)Cc1ccc(C(Cl)CN(C)C)cc1. The van der Waals surface area contributed by atoms with Crippen LogP contribution in [0, 0.1) is 5.92 Å². The summed E-state index contributed by atoms with van der Waals surface area (Å²) in [7, 11) is 4.09. The lowest BCUT2D eigenvalue weighted by Gasteiger charge is -2.15. The number of hydrogen-bond donors (Lipinski definition) is 0. The van der Waals surface area contributed by atoms with Gasteiger partial charge in [-0.25, -0.2) is 0 Å². The fourth-order valence-electron chi connectivity index (χ4n) is 1.76. The average molecular weight is 240 g/mol. The molecule has 16 heavy (non-hydrogen) atoms. The van der Waals surface area contributed by atoms with E-state index in [2.05, 4.69) is 43.0 Å². The molecule has 1 rings (SSSR count). The Balaban J connectivity index is 2.63. The fourth-order valence-corrected chi connectivity index (χ4v) is 2.18. The Morgan fingerprint density at radius 2 is 1.69 bits per heavy atom. The van der Waals surface area contributed by atoms with Crippen molar-refractivity contribution in [2.45, 2.75) is 25.6 Å². The zero-order chi connectivity index (χ0) is 12.1. The topological polar surface area (TPSA) is 3.24 Å². The van der Waals surface area contributed by atoms with Crippen LogP contribution < -0.4 is 0 Å². The van der Waals surface area contributed by atoms with E-state index in [1.165, 1.54) is 11.1 Å². The van der Waals surface area contributed by atoms with E-state index in [1.54, 1.807) is 0 Å². The molecule has 0 aliphatic rings. The molecular formula is C14H22ClN. The summed E-state index contributed by atoms with van der Waals surface area (Å²) in [6.07, 6.45) is 1.14. The Morgan fingerprint density at radius 1 is 1.12 bits per heavy atom. The van der Waals surface area contributed by atoms with Gasteiger partial charge in [0, 0.05) is 6.54 Å². The first kappa shape index (κ1) is 13.5. The van der Waals surface area contributed by atoms with Crippen LogP contribution in [-0.4, -0.2) is 25.5 Å². The zero-order valence-corrected chi connectivity index (χ0v) is 11.5. The predicted octanol–water partition coefficient (Wildman–Crippen LogP) is 3.73. The van der Waals surface area contributed by atoms with Crippen molar-refractivity contribution >= 4 is 11.6 Å². The number of halogens is 1. The number of benzene rings is 1. The van der Waals surface area contributed by atoms with E-state index >= 15 is 0 Å². The Labute approximate surface area is 104 Å². The van der Waals surface area contributed by atoms with E-state index in [0.29, 0.717) is 5.92 Å². The van der Waals surface area contributed by atoms with Crippen molar-refractivity contribution < 1.29 is 0 Å². The smallest absolute Gasteiger partial charge is 0.0712 e. The van der Waals surface area contributed by atoms with Crippen LogP contribution in [0.2, 0.25) is 0 Å². The minimum Gasteiger partial charge on any atom is -0.308 e. The third-order valence-corrected chi connectivity index (χ3v) is 2.90. The Morgan fingerprint density at radius 3 is 2.12 bits per heavy atom. The average Bonchev–Trinajstić information content (AvgIpc) is 2.16. The van der Waals surface area contributed by atoms with E-state index in [-0.39, 0.29) is 5.38 Å². The second-order valence-corrected chi connectivity index (χ2v) is 5.60. The van der Waals surface area contributed by atoms with Gasteiger partial charge in [0.15, 0.2) is 0 Å². The molecule has 1 unspecified atom stereocenters. The minimum atomic E-state index is 0.0862. The molecule has 0 saturated carbocycles. The Kier molecular flexibility index (Phi) is 5.30. The van der Waals surface area contributed by atoms with Crippen LogP contribution in [0.1, 0.15) is 30.4 Å². The quantitative estimate of drug-likeness (QED) is 0.708. The zero-order valence-electron chi connectivity index (χ0n) is 10.7. The van der Waals surface area contributed by atoms with E-state index in [4.69, 9.17) is 11.6 Å². The van der Waals surface area contributed by atoms with Gasteiger partial charge in [0.1, 0.15) is 0 Å². The first-order valence-corrected chi connectivity index (χ1v) is 6.30. The van der Waals surface area contributed by atoms with Crippen molar-refractivity contribution in [3.63, 3.8) is 0 Å². The first-order chi connectivity index (χ1) is 7.49. The molecular weight excluding hydrogens is 218 g/mol. The molecule has 0 heterocycles. The second kappa shape index (κ2) is 6.27. The largest absolute Gasteiger partial charge is 0.308 e. The van der Waals surface area contributed by atoms with Gasteiger partial charge in [-0.2, -0.15) is 0 Å². The summed E-state index contributed by atoms with van der Waals surface area (Å²) in [6.45, 7) is 5.36. The molecule has 1 aromatic rings. The number of rotatable bonds is 5. The van der Waals surface area contributed by atoms with Gasteiger partial charge in [-0.1, -0.05) is 38.1 Å². The van der Waals surface area contributed by atoms with Crippen LogP contribution in [0.3, 0.4) is 0 Å². The van der Waals surface area contributed by atoms with Gasteiger partial charge in [-0.15, -0.1) is 11.6 Å². The molecule has 0 aliphatic heterocycles. The van der Waals surface area contributed by atoms with E-state index < -0.39 is 0 Å². The van der Waals surface area contributed by atoms with Gasteiger partial charge < -0.3 is 4.90 Å². The first-order valence-electron chi connectivity index (χ1n) is 5.86. The molecule has 0 bridgehead atoms. The third-order valence-electron chi connectivity index (χ3n) is 2.51. The summed E-state index contributed by atoms with van der Waals surface area (Å²) in [4.78, 5) is 2.11. The fraction of sp³-hybridized carbons (Fsp3) is 0.571. The second-order valence-electron chi connectivity index (χ2n) is 5.07. The number of alkyl halides is 1. The maximum Gasteiger partial charge on any atom is 0.0712 e. The summed E-state index contributed by atoms with van der Waals surface area (Å²) in [5.74, 6) is 0.708. The highest BCUT2D eigenvalue weighted by Gasteiger charge is 2.08. The van der Waals surface area contributed by atoms with Gasteiger partial charge in [-0.3, -0.25) is 0 Å². The molecule has 0 aromatic heterocycles. The molecule has 90 valence electrons. The van der Waals surface area contributed by atoms with Crippen LogP contribution in [0.15, 0.2) is 24.3 Å². The number of hydrogen-bond acceptors (Lipinski definition) is 1. The molecule has 1 atom stereocenters. The maximum absolute atomic E-state index is 6.32. The van der Waals surface area contributed by atoms with Gasteiger partial charge in [0.2, 0.25) is 0 Å². The van der Waals surface area contributed by atoms with E-state index in [0.717, 1.165) is 13.0 Å². The number of nitrogens with zero attached hydrogens (tertiary/aromatic N) is 1. The molecule has 0 spiro atoms. The van der Waals surface area contributed by atoms with Crippen molar-refractivity contribution in [3.05, 3.63) is 35.4 Å². The molecule has 0 aliphatic carbocycles. The standard InChI is InChI=1S/C14H22ClN/c1-11(2)9-12-5-7-13(8-6-12)14(15)10-16(3)4/h5-8,11,14H,9-10H2,1-4H3. The summed E-state index contributed by atoms with van der Waals surface area (Å²) in [6, 6.07) is 8.69. The normalized spacial score (nSPS) is 13.4. The van der Waals surface area contributed by atoms with Crippen molar-refractivity contribution in [3.8, 4) is 0 Å². The van der Waals surface area contributed by atoms with Gasteiger partial charge >= 0.3 is 0 Å². The van der Waals surface area contributed by atoms with Crippen LogP contribution in [0.4, 0.5) is 0 Å². The summed E-state index contributed by atoms with van der Waals surface area (Å²) in [5, 5.41) is 0.0862. The highest BCUT2D eigenvalue weighted by atomic mass is 35.5. The molecule has 0 radical (unpaired) electrons. The van der Waals surface area contributed by atoms with E-state index in [1.807, 2.05) is 14.1 Å². The lowest BCUT2D eigenvalue weighted by molar-refractivity contribution is 0.408. The molecule has 0 N–H and O–H groups in total. The predicted molar refractivity (Wildman–Crippen MR) is 72.1 cm³/mol. The van der Waals surface area contributed by atoms with Crippen molar-refractivity contribution in [2.24, 2.45) is 5.92 Å². The summed E-state index contributed by atoms with van der Waals surface area (Å²) in [5.41, 5.74) is 2.61. The monoisotopic (exact) mass is 239 g/mol. The summed E-state index contributed by atoms with van der Waals surface area (Å²) >= 11 is 6.32. The Bertz CT molecular complexity index is 303. The lowest BCUT2D eigenvalue weighted by atomic mass is 10.0. The maximum atomic E-state index is 6.32. The molecule has 0 amide bonds. The highest BCUT2D eigenvalue weighted by molar-refractivity contribution is 6.21. The van der Waals surface area contributed by atoms with Crippen LogP contribution in [0.5, 0.6) is 0 Å². The van der Waals surface area contributed by atoms with Crippen LogP contribution >= 0.6 is 11.6 Å². The van der Waals surface area contributed by atoms with Crippen molar-refractivity contribution in [1.29, 1.82) is 0 Å².